The second-order valence-electron chi connectivity index (χ2n) is 10.5. The Morgan fingerprint density at radius 1 is 1.15 bits per heavy atom. The number of nitrogens with one attached hydrogen (secondary N) is 6. The van der Waals surface area contributed by atoms with Crippen LogP contribution in [0.1, 0.15) is 12.8 Å². The SMILES string of the molecule is N=C1NC2[C@H](CN3C(=O)CN(c4ccccc4)C3=O)NC(=N)N3CC(NC(=O)C4(C(F)(F)F)CC4)[C@@H](O)C23N1. The fourth-order valence-corrected chi connectivity index (χ4v) is 6.08. The molecule has 4 saturated heterocycles. The smallest absolute Gasteiger partial charge is 0.386 e. The number of rotatable bonds is 5. The fourth-order valence-electron chi connectivity index (χ4n) is 6.08. The highest BCUT2D eigenvalue weighted by Gasteiger charge is 2.71. The van der Waals surface area contributed by atoms with Crippen molar-refractivity contribution in [3.05, 3.63) is 30.3 Å². The number of nitrogens with zero attached hydrogens (tertiary/aromatic N) is 3. The molecule has 4 aliphatic heterocycles. The molecule has 6 rings (SSSR count). The van der Waals surface area contributed by atoms with E-state index in [0.29, 0.717) is 5.69 Å². The van der Waals surface area contributed by atoms with Crippen molar-refractivity contribution in [1.82, 2.24) is 31.1 Å². The third kappa shape index (κ3) is 3.53. The highest BCUT2D eigenvalue weighted by Crippen LogP contribution is 2.58. The molecule has 7 N–H and O–H groups in total. The van der Waals surface area contributed by atoms with Gasteiger partial charge in [-0.25, -0.2) is 4.79 Å². The molecule has 4 amide bonds. The largest absolute Gasteiger partial charge is 0.403 e. The number of imide groups is 1. The lowest BCUT2D eigenvalue weighted by atomic mass is 9.87. The number of hydrogen-bond acceptors (Lipinski definition) is 6. The van der Waals surface area contributed by atoms with Gasteiger partial charge in [-0.1, -0.05) is 18.2 Å². The summed E-state index contributed by atoms with van der Waals surface area (Å²) in [6.45, 7) is -0.609. The van der Waals surface area contributed by atoms with Crippen molar-refractivity contribution in [3.63, 3.8) is 0 Å². The molecule has 13 nitrogen and oxygen atoms in total. The molecular weight excluding hydrogens is 523 g/mol. The number of carbonyl (C=O) groups excluding carboxylic acids is 3. The Morgan fingerprint density at radius 2 is 1.85 bits per heavy atom. The molecular formula is C23H26F3N9O4. The third-order valence-electron chi connectivity index (χ3n) is 8.30. The highest BCUT2D eigenvalue weighted by molar-refractivity contribution is 6.12. The van der Waals surface area contributed by atoms with E-state index in [1.54, 1.807) is 30.3 Å². The number of halogens is 3. The minimum absolute atomic E-state index is 0.186. The lowest BCUT2D eigenvalue weighted by Crippen LogP contribution is -2.78. The molecule has 3 unspecified atom stereocenters. The van der Waals surface area contributed by atoms with E-state index in [4.69, 9.17) is 10.8 Å². The van der Waals surface area contributed by atoms with Crippen LogP contribution in [0.25, 0.3) is 0 Å². The molecule has 1 aromatic carbocycles. The van der Waals surface area contributed by atoms with Gasteiger partial charge in [-0.3, -0.25) is 30.2 Å². The van der Waals surface area contributed by atoms with Crippen LogP contribution in [-0.2, 0) is 9.59 Å². The van der Waals surface area contributed by atoms with Gasteiger partial charge < -0.3 is 31.3 Å². The summed E-state index contributed by atoms with van der Waals surface area (Å²) >= 11 is 0. The van der Waals surface area contributed by atoms with Crippen LogP contribution < -0.4 is 26.2 Å². The van der Waals surface area contributed by atoms with E-state index in [2.05, 4.69) is 21.3 Å². The second-order valence-corrected chi connectivity index (χ2v) is 10.5. The molecule has 5 aliphatic rings. The van der Waals surface area contributed by atoms with Crippen LogP contribution in [0, 0.1) is 16.2 Å². The molecule has 0 bridgehead atoms. The molecule has 1 aromatic rings. The zero-order valence-electron chi connectivity index (χ0n) is 20.4. The maximum absolute atomic E-state index is 13.5. The summed E-state index contributed by atoms with van der Waals surface area (Å²) < 4.78 is 40.5. The maximum Gasteiger partial charge on any atom is 0.403 e. The second kappa shape index (κ2) is 8.21. The lowest BCUT2D eigenvalue weighted by molar-refractivity contribution is -0.193. The number of anilines is 1. The predicted molar refractivity (Wildman–Crippen MR) is 128 cm³/mol. The number of carbonyl (C=O) groups is 3. The number of alkyl halides is 3. The molecule has 5 fully saturated rings. The monoisotopic (exact) mass is 549 g/mol. The number of para-hydroxylation sites is 1. The summed E-state index contributed by atoms with van der Waals surface area (Å²) in [7, 11) is 0. The van der Waals surface area contributed by atoms with E-state index in [1.807, 2.05) is 0 Å². The van der Waals surface area contributed by atoms with Crippen molar-refractivity contribution in [1.29, 1.82) is 10.8 Å². The molecule has 5 atom stereocenters. The first-order chi connectivity index (χ1) is 18.4. The number of hydrogen-bond donors (Lipinski definition) is 7. The van der Waals surface area contributed by atoms with Crippen LogP contribution in [0.3, 0.4) is 0 Å². The summed E-state index contributed by atoms with van der Waals surface area (Å²) in [5, 5.41) is 39.0. The van der Waals surface area contributed by atoms with Gasteiger partial charge in [0.2, 0.25) is 5.91 Å². The zero-order valence-corrected chi connectivity index (χ0v) is 20.4. The molecule has 4 heterocycles. The van der Waals surface area contributed by atoms with Gasteiger partial charge in [-0.2, -0.15) is 13.2 Å². The first-order valence-corrected chi connectivity index (χ1v) is 12.4. The Balaban J connectivity index is 1.24. The predicted octanol–water partition coefficient (Wildman–Crippen LogP) is -0.942. The van der Waals surface area contributed by atoms with Crippen LogP contribution in [-0.4, -0.2) is 100 Å². The third-order valence-corrected chi connectivity index (χ3v) is 8.30. The Kier molecular flexibility index (Phi) is 5.31. The average molecular weight is 550 g/mol. The Bertz CT molecular complexity index is 1270. The molecule has 16 heteroatoms. The van der Waals surface area contributed by atoms with Gasteiger partial charge in [0.05, 0.1) is 24.7 Å². The number of aliphatic hydroxyl groups is 1. The number of urea groups is 1. The standard InChI is InChI=1S/C23H26F3N9O4/c24-23(25,26)21(6-7-21)17(38)29-13-9-35-19(28)30-12(15-22(35,16(13)37)32-18(27)31-15)8-34-14(36)10-33(20(34)39)11-4-2-1-3-5-11/h1-5,12-13,15-16,37H,6-10H2,(H2,28,30)(H,29,38)(H3,27,31,32)/t12-,13?,15?,16+,22?/m0/s1. The van der Waals surface area contributed by atoms with Gasteiger partial charge in [0.15, 0.2) is 17.6 Å². The molecule has 1 saturated carbocycles. The van der Waals surface area contributed by atoms with Crippen LogP contribution in [0.4, 0.5) is 23.7 Å². The van der Waals surface area contributed by atoms with Crippen molar-refractivity contribution in [2.75, 3.05) is 24.5 Å². The van der Waals surface area contributed by atoms with E-state index >= 15 is 0 Å². The van der Waals surface area contributed by atoms with Crippen molar-refractivity contribution in [3.8, 4) is 0 Å². The van der Waals surface area contributed by atoms with Gasteiger partial charge in [0, 0.05) is 12.2 Å². The van der Waals surface area contributed by atoms with Crippen molar-refractivity contribution in [2.45, 2.75) is 48.9 Å². The summed E-state index contributed by atoms with van der Waals surface area (Å²) in [6, 6.07) is 5.09. The van der Waals surface area contributed by atoms with E-state index in [9.17, 15) is 32.7 Å². The van der Waals surface area contributed by atoms with Crippen molar-refractivity contribution in [2.24, 2.45) is 5.41 Å². The van der Waals surface area contributed by atoms with Crippen LogP contribution in [0.2, 0.25) is 0 Å². The van der Waals surface area contributed by atoms with E-state index in [0.717, 1.165) is 4.90 Å². The minimum atomic E-state index is -4.73. The van der Waals surface area contributed by atoms with Gasteiger partial charge >= 0.3 is 12.2 Å². The van der Waals surface area contributed by atoms with E-state index in [-0.39, 0.29) is 44.4 Å². The first kappa shape index (κ1) is 25.2. The number of benzene rings is 1. The topological polar surface area (TPSA) is 177 Å². The summed E-state index contributed by atoms with van der Waals surface area (Å²) in [5.74, 6) is -2.18. The zero-order chi connectivity index (χ0) is 27.9. The van der Waals surface area contributed by atoms with Crippen molar-refractivity contribution >= 4 is 35.5 Å². The van der Waals surface area contributed by atoms with Crippen molar-refractivity contribution < 1.29 is 32.7 Å². The molecule has 39 heavy (non-hydrogen) atoms. The quantitative estimate of drug-likeness (QED) is 0.230. The summed E-state index contributed by atoms with van der Waals surface area (Å²) in [6.07, 6.45) is -6.96. The normalized spacial score (nSPS) is 32.9. The Morgan fingerprint density at radius 3 is 2.49 bits per heavy atom. The molecule has 0 radical (unpaired) electrons. The number of amides is 4. The molecule has 0 aromatic heterocycles. The summed E-state index contributed by atoms with van der Waals surface area (Å²) in [4.78, 5) is 42.3. The average Bonchev–Trinajstić information content (AvgIpc) is 3.50. The minimum Gasteiger partial charge on any atom is -0.386 e. The number of aliphatic hydroxyl groups excluding tert-OH is 1. The van der Waals surface area contributed by atoms with Crippen LogP contribution >= 0.6 is 0 Å². The van der Waals surface area contributed by atoms with E-state index in [1.165, 1.54) is 9.80 Å². The fraction of sp³-hybridized carbons (Fsp3) is 0.522. The molecule has 1 aliphatic carbocycles. The molecule has 1 spiro atoms. The molecule has 208 valence electrons. The Hall–Kier alpha value is -4.08. The van der Waals surface area contributed by atoms with Gasteiger partial charge in [0.25, 0.3) is 5.91 Å². The maximum atomic E-state index is 13.5. The summed E-state index contributed by atoms with van der Waals surface area (Å²) in [5.41, 5.74) is -3.55. The number of guanidine groups is 2. The van der Waals surface area contributed by atoms with Gasteiger partial charge in [-0.15, -0.1) is 0 Å². The first-order valence-electron chi connectivity index (χ1n) is 12.4. The lowest BCUT2D eigenvalue weighted by Gasteiger charge is -2.49. The highest BCUT2D eigenvalue weighted by atomic mass is 19.4. The van der Waals surface area contributed by atoms with Crippen LogP contribution in [0.15, 0.2) is 30.3 Å². The van der Waals surface area contributed by atoms with Crippen LogP contribution in [0.5, 0.6) is 0 Å². The Labute approximate surface area is 219 Å². The van der Waals surface area contributed by atoms with E-state index < -0.39 is 59.3 Å². The van der Waals surface area contributed by atoms with Gasteiger partial charge in [-0.05, 0) is 25.0 Å². The van der Waals surface area contributed by atoms with Gasteiger partial charge in [0.1, 0.15) is 18.1 Å².